The van der Waals surface area contributed by atoms with Crippen molar-refractivity contribution < 1.29 is 78.7 Å². The second-order valence-electron chi connectivity index (χ2n) is 0.803. The van der Waals surface area contributed by atoms with Gasteiger partial charge in [-0.05, 0) is 6.29 Å². The second kappa shape index (κ2) is 6.97. The quantitative estimate of drug-likeness (QED) is 0.416. The fraction of sp³-hybridized carbons (Fsp3) is 1.00. The minimum Gasteiger partial charge on any atom is -0.831 e. The fourth-order valence-electron chi connectivity index (χ4n) is 0. The van der Waals surface area contributed by atoms with E-state index in [4.69, 9.17) is 0 Å². The Morgan fingerprint density at radius 2 is 1.83 bits per heavy atom. The van der Waals surface area contributed by atoms with Gasteiger partial charge in [0.1, 0.15) is 0 Å². The third-order valence-electron chi connectivity index (χ3n) is 0.332. The van der Waals surface area contributed by atoms with Crippen LogP contribution in [-0.2, 0) is 4.74 Å². The first-order chi connectivity index (χ1) is 2.27. The van der Waals surface area contributed by atoms with Gasteiger partial charge in [-0.25, -0.2) is 0 Å². The maximum absolute atomic E-state index is 9.67. The smallest absolute Gasteiger partial charge is 0.831 e. The molecule has 6 heavy (non-hydrogen) atoms. The van der Waals surface area contributed by atoms with Gasteiger partial charge in [0.15, 0.2) is 0 Å². The Labute approximate surface area is 96.7 Å². The average molecular weight is 208 g/mol. The van der Waals surface area contributed by atoms with Gasteiger partial charge in [-0.2, -0.15) is 0 Å². The molecule has 0 rings (SSSR count). The summed E-state index contributed by atoms with van der Waals surface area (Å²) in [6.07, 6.45) is -0.866. The predicted molar refractivity (Wildman–Crippen MR) is 16.5 cm³/mol. The van der Waals surface area contributed by atoms with Gasteiger partial charge in [0, 0.05) is 7.11 Å². The number of hydrogen-bond acceptors (Lipinski definition) is 2. The molecule has 1 unspecified atom stereocenters. The van der Waals surface area contributed by atoms with Gasteiger partial charge in [-0.1, -0.05) is 6.92 Å². The molecule has 0 fully saturated rings. The van der Waals surface area contributed by atoms with Gasteiger partial charge in [-0.15, -0.1) is 0 Å². The van der Waals surface area contributed by atoms with E-state index in [-0.39, 0.29) is 68.9 Å². The van der Waals surface area contributed by atoms with Gasteiger partial charge < -0.3 is 9.84 Å². The summed E-state index contributed by atoms with van der Waals surface area (Å²) in [5, 5.41) is 9.67. The Morgan fingerprint density at radius 1 is 1.67 bits per heavy atom. The predicted octanol–water partition coefficient (Wildman–Crippen LogP) is -3.66. The van der Waals surface area contributed by atoms with E-state index in [1.165, 1.54) is 14.0 Å². The molecule has 0 radical (unpaired) electrons. The van der Waals surface area contributed by atoms with E-state index in [1.54, 1.807) is 0 Å². The Kier molecular flexibility index (Phi) is 12.6. The molecule has 0 aliphatic heterocycles. The molecule has 0 aliphatic carbocycles. The van der Waals surface area contributed by atoms with Crippen LogP contribution in [0.5, 0.6) is 0 Å². The molecule has 0 spiro atoms. The van der Waals surface area contributed by atoms with E-state index in [2.05, 4.69) is 4.74 Å². The van der Waals surface area contributed by atoms with Gasteiger partial charge in [0.05, 0.1) is 0 Å². The SMILES string of the molecule is COC(C)[O-].[Cs+]. The molecule has 2 nitrogen and oxygen atoms in total. The summed E-state index contributed by atoms with van der Waals surface area (Å²) in [5.74, 6) is 0. The second-order valence-corrected chi connectivity index (χ2v) is 0.803. The minimum atomic E-state index is -0.866. The van der Waals surface area contributed by atoms with E-state index < -0.39 is 6.29 Å². The van der Waals surface area contributed by atoms with Crippen LogP contribution in [0.1, 0.15) is 6.92 Å². The van der Waals surface area contributed by atoms with Crippen LogP contribution in [-0.4, -0.2) is 13.4 Å². The average Bonchev–Trinajstić information content (AvgIpc) is 1.38. The van der Waals surface area contributed by atoms with E-state index in [1.807, 2.05) is 0 Å². The monoisotopic (exact) mass is 208 g/mol. The molecule has 0 amide bonds. The standard InChI is InChI=1S/C3H7O2.Cs/c1-3(4)5-2;/h3H,1-2H3;/q-1;+1. The van der Waals surface area contributed by atoms with Crippen molar-refractivity contribution in [1.82, 2.24) is 0 Å². The maximum Gasteiger partial charge on any atom is 1.00 e. The summed E-state index contributed by atoms with van der Waals surface area (Å²) in [7, 11) is 1.39. The zero-order valence-corrected chi connectivity index (χ0v) is 10.7. The molecule has 0 aliphatic rings. The van der Waals surface area contributed by atoms with Crippen LogP contribution in [0, 0.1) is 0 Å². The van der Waals surface area contributed by atoms with E-state index >= 15 is 0 Å². The first-order valence-electron chi connectivity index (χ1n) is 1.46. The Hall–Kier alpha value is 1.97. The Bertz CT molecular complexity index is 22.8. The molecule has 0 aromatic heterocycles. The molecule has 0 bridgehead atoms. The van der Waals surface area contributed by atoms with E-state index in [0.717, 1.165) is 0 Å². The maximum atomic E-state index is 9.67. The molecule has 32 valence electrons. The summed E-state index contributed by atoms with van der Waals surface area (Å²) in [5.41, 5.74) is 0. The van der Waals surface area contributed by atoms with Gasteiger partial charge in [0.2, 0.25) is 0 Å². The number of rotatable bonds is 1. The fourth-order valence-corrected chi connectivity index (χ4v) is 0. The zero-order valence-electron chi connectivity index (χ0n) is 4.39. The van der Waals surface area contributed by atoms with Gasteiger partial charge >= 0.3 is 68.9 Å². The molecule has 0 aromatic rings. The zero-order chi connectivity index (χ0) is 4.28. The van der Waals surface area contributed by atoms with Crippen molar-refractivity contribution in [3.05, 3.63) is 0 Å². The first-order valence-corrected chi connectivity index (χ1v) is 1.46. The molecule has 0 heterocycles. The van der Waals surface area contributed by atoms with Crippen molar-refractivity contribution >= 4 is 0 Å². The normalized spacial score (nSPS) is 12.5. The van der Waals surface area contributed by atoms with Gasteiger partial charge in [-0.3, -0.25) is 0 Å². The summed E-state index contributed by atoms with van der Waals surface area (Å²) in [6, 6.07) is 0. The molecule has 3 heteroatoms. The molecular weight excluding hydrogens is 201 g/mol. The Balaban J connectivity index is 0. The third kappa shape index (κ3) is 9.36. The molecular formula is C3H7CsO2. The van der Waals surface area contributed by atoms with Crippen LogP contribution in [0.15, 0.2) is 0 Å². The van der Waals surface area contributed by atoms with Gasteiger partial charge in [0.25, 0.3) is 0 Å². The summed E-state index contributed by atoms with van der Waals surface area (Å²) >= 11 is 0. The third-order valence-corrected chi connectivity index (χ3v) is 0.332. The summed E-state index contributed by atoms with van der Waals surface area (Å²) in [4.78, 5) is 0. The number of hydrogen-bond donors (Lipinski definition) is 0. The largest absolute Gasteiger partial charge is 1.00 e. The number of methoxy groups -OCH3 is 1. The van der Waals surface area contributed by atoms with Crippen LogP contribution in [0.3, 0.4) is 0 Å². The first kappa shape index (κ1) is 10.9. The van der Waals surface area contributed by atoms with Crippen molar-refractivity contribution in [1.29, 1.82) is 0 Å². The van der Waals surface area contributed by atoms with Crippen molar-refractivity contribution in [2.24, 2.45) is 0 Å². The van der Waals surface area contributed by atoms with E-state index in [9.17, 15) is 5.11 Å². The molecule has 1 atom stereocenters. The molecule has 0 N–H and O–H groups in total. The summed E-state index contributed by atoms with van der Waals surface area (Å²) < 4.78 is 4.19. The molecule has 0 saturated heterocycles. The topological polar surface area (TPSA) is 32.3 Å². The van der Waals surface area contributed by atoms with Crippen LogP contribution in [0.2, 0.25) is 0 Å². The number of ether oxygens (including phenoxy) is 1. The van der Waals surface area contributed by atoms with Crippen molar-refractivity contribution in [2.45, 2.75) is 13.2 Å². The van der Waals surface area contributed by atoms with Crippen LogP contribution in [0.4, 0.5) is 0 Å². The molecule has 0 saturated carbocycles. The van der Waals surface area contributed by atoms with Crippen LogP contribution in [0.25, 0.3) is 0 Å². The van der Waals surface area contributed by atoms with E-state index in [0.29, 0.717) is 0 Å². The minimum absolute atomic E-state index is 0. The molecule has 0 aromatic carbocycles. The summed E-state index contributed by atoms with van der Waals surface area (Å²) in [6.45, 7) is 1.44. The Morgan fingerprint density at radius 3 is 1.83 bits per heavy atom. The van der Waals surface area contributed by atoms with Crippen LogP contribution < -0.4 is 74.0 Å². The van der Waals surface area contributed by atoms with Crippen LogP contribution >= 0.6 is 0 Å². The van der Waals surface area contributed by atoms with Crippen molar-refractivity contribution in [2.75, 3.05) is 7.11 Å². The van der Waals surface area contributed by atoms with Crippen molar-refractivity contribution in [3.8, 4) is 0 Å². The van der Waals surface area contributed by atoms with Crippen molar-refractivity contribution in [3.63, 3.8) is 0 Å².